The highest BCUT2D eigenvalue weighted by Crippen LogP contribution is 2.18. The highest BCUT2D eigenvalue weighted by Gasteiger charge is 2.28. The highest BCUT2D eigenvalue weighted by atomic mass is 16.6. The topological polar surface area (TPSA) is 119 Å². The lowest BCUT2D eigenvalue weighted by Crippen LogP contribution is -2.43. The molecule has 1 N–H and O–H groups in total. The summed E-state index contributed by atoms with van der Waals surface area (Å²) in [7, 11) is 0. The molecule has 1 aliphatic rings. The third-order valence-corrected chi connectivity index (χ3v) is 3.58. The molecule has 2 rings (SSSR count). The third kappa shape index (κ3) is 3.36. The largest absolute Gasteiger partial charge is 0.481 e. The maximum absolute atomic E-state index is 12.2. The average molecular weight is 296 g/mol. The average Bonchev–Trinajstić information content (AvgIpc) is 2.80. The molecule has 9 heteroatoms. The summed E-state index contributed by atoms with van der Waals surface area (Å²) in [4.78, 5) is 38.4. The molecule has 0 aromatic carbocycles. The molecule has 0 aliphatic carbocycles. The number of nitrogens with zero attached hydrogens (tertiary/aromatic N) is 4. The van der Waals surface area contributed by atoms with E-state index in [0.29, 0.717) is 25.2 Å². The second-order valence-corrected chi connectivity index (χ2v) is 5.05. The number of aryl methyl sites for hydroxylation is 1. The molecule has 1 aromatic rings. The number of amides is 1. The van der Waals surface area contributed by atoms with Crippen LogP contribution in [0.25, 0.3) is 0 Å². The number of piperidine rings is 1. The van der Waals surface area contributed by atoms with E-state index in [1.54, 1.807) is 6.92 Å². The van der Waals surface area contributed by atoms with E-state index in [1.807, 2.05) is 0 Å². The Bertz CT molecular complexity index is 582. The van der Waals surface area contributed by atoms with Crippen molar-refractivity contribution in [3.8, 4) is 0 Å². The van der Waals surface area contributed by atoms with E-state index in [1.165, 1.54) is 15.7 Å². The van der Waals surface area contributed by atoms with Gasteiger partial charge in [-0.25, -0.2) is 0 Å². The van der Waals surface area contributed by atoms with E-state index >= 15 is 0 Å². The van der Waals surface area contributed by atoms with Gasteiger partial charge in [0.2, 0.25) is 11.7 Å². The maximum atomic E-state index is 12.2. The first-order valence-corrected chi connectivity index (χ1v) is 6.57. The van der Waals surface area contributed by atoms with Crippen molar-refractivity contribution in [2.24, 2.45) is 5.92 Å². The van der Waals surface area contributed by atoms with Crippen LogP contribution in [0.15, 0.2) is 6.20 Å². The third-order valence-electron chi connectivity index (χ3n) is 3.58. The van der Waals surface area contributed by atoms with E-state index in [4.69, 9.17) is 5.11 Å². The molecule has 0 spiro atoms. The van der Waals surface area contributed by atoms with E-state index in [2.05, 4.69) is 4.98 Å². The minimum atomic E-state index is -0.901. The highest BCUT2D eigenvalue weighted by molar-refractivity contribution is 5.78. The van der Waals surface area contributed by atoms with Gasteiger partial charge in [0.25, 0.3) is 0 Å². The molecule has 1 fully saturated rings. The van der Waals surface area contributed by atoms with Crippen LogP contribution < -0.4 is 0 Å². The SMILES string of the molecule is Cc1nc([N+](=O)[O-])cn1CC(=O)N1CCC[C@H](C(=O)O)C1. The lowest BCUT2D eigenvalue weighted by Gasteiger charge is -2.30. The van der Waals surface area contributed by atoms with E-state index in [-0.39, 0.29) is 24.8 Å². The van der Waals surface area contributed by atoms with Crippen LogP contribution in [-0.2, 0) is 16.1 Å². The van der Waals surface area contributed by atoms with E-state index < -0.39 is 16.8 Å². The van der Waals surface area contributed by atoms with Gasteiger partial charge in [0.1, 0.15) is 12.7 Å². The first-order valence-electron chi connectivity index (χ1n) is 6.57. The number of carboxylic acids is 1. The summed E-state index contributed by atoms with van der Waals surface area (Å²) in [6.45, 7) is 2.21. The number of hydrogen-bond acceptors (Lipinski definition) is 5. The summed E-state index contributed by atoms with van der Waals surface area (Å²) in [5.41, 5.74) is 0. The molecule has 1 amide bonds. The summed E-state index contributed by atoms with van der Waals surface area (Å²) in [5.74, 6) is -1.62. The molecule has 114 valence electrons. The number of imidazole rings is 1. The zero-order valence-corrected chi connectivity index (χ0v) is 11.6. The van der Waals surface area contributed by atoms with Crippen molar-refractivity contribution in [1.29, 1.82) is 0 Å². The Balaban J connectivity index is 2.04. The minimum Gasteiger partial charge on any atom is -0.481 e. The van der Waals surface area contributed by atoms with Crippen LogP contribution in [0.2, 0.25) is 0 Å². The molecule has 1 atom stereocenters. The van der Waals surface area contributed by atoms with Gasteiger partial charge in [-0.1, -0.05) is 0 Å². The summed E-state index contributed by atoms with van der Waals surface area (Å²) in [6, 6.07) is 0. The Labute approximate surface area is 120 Å². The van der Waals surface area contributed by atoms with Gasteiger partial charge in [0, 0.05) is 20.0 Å². The van der Waals surface area contributed by atoms with Crippen LogP contribution in [-0.4, -0.2) is 49.4 Å². The number of carboxylic acid groups (broad SMARTS) is 1. The fourth-order valence-electron chi connectivity index (χ4n) is 2.39. The number of carbonyl (C=O) groups is 2. The number of rotatable bonds is 4. The van der Waals surface area contributed by atoms with E-state index in [9.17, 15) is 19.7 Å². The standard InChI is InChI=1S/C12H16N4O5/c1-8-13-10(16(20)21)6-15(8)7-11(17)14-4-2-3-9(5-14)12(18)19/h6,9H,2-5,7H2,1H3,(H,18,19)/t9-/m0/s1. The smallest absolute Gasteiger partial charge is 0.381 e. The molecule has 0 unspecified atom stereocenters. The van der Waals surface area contributed by atoms with Crippen LogP contribution in [0.1, 0.15) is 18.7 Å². The van der Waals surface area contributed by atoms with Crippen molar-refractivity contribution in [2.45, 2.75) is 26.3 Å². The van der Waals surface area contributed by atoms with Gasteiger partial charge >= 0.3 is 11.8 Å². The van der Waals surface area contributed by atoms with Crippen LogP contribution in [0.5, 0.6) is 0 Å². The Morgan fingerprint density at radius 1 is 1.57 bits per heavy atom. The van der Waals surface area contributed by atoms with Gasteiger partial charge in [-0.2, -0.15) is 0 Å². The lowest BCUT2D eigenvalue weighted by molar-refractivity contribution is -0.389. The van der Waals surface area contributed by atoms with Crippen LogP contribution >= 0.6 is 0 Å². The quantitative estimate of drug-likeness (QED) is 0.635. The number of aliphatic carboxylic acids is 1. The van der Waals surface area contributed by atoms with Crippen LogP contribution in [0.4, 0.5) is 5.82 Å². The van der Waals surface area contributed by atoms with Gasteiger partial charge in [-0.05, 0) is 22.7 Å². The predicted octanol–water partition coefficient (Wildman–Crippen LogP) is 0.423. The molecular formula is C12H16N4O5. The molecule has 0 radical (unpaired) electrons. The number of aromatic nitrogens is 2. The zero-order valence-electron chi connectivity index (χ0n) is 11.6. The number of hydrogen-bond donors (Lipinski definition) is 1. The predicted molar refractivity (Wildman–Crippen MR) is 70.6 cm³/mol. The molecular weight excluding hydrogens is 280 g/mol. The van der Waals surface area contributed by atoms with Crippen molar-refractivity contribution in [3.05, 3.63) is 22.1 Å². The van der Waals surface area contributed by atoms with Crippen molar-refractivity contribution in [2.75, 3.05) is 13.1 Å². The van der Waals surface area contributed by atoms with Crippen molar-refractivity contribution in [3.63, 3.8) is 0 Å². The van der Waals surface area contributed by atoms with Crippen molar-refractivity contribution in [1.82, 2.24) is 14.5 Å². The first-order chi connectivity index (χ1) is 9.88. The minimum absolute atomic E-state index is 0.0704. The molecule has 0 saturated carbocycles. The second kappa shape index (κ2) is 5.90. The molecule has 21 heavy (non-hydrogen) atoms. The Kier molecular flexibility index (Phi) is 4.20. The fraction of sp³-hybridized carbons (Fsp3) is 0.583. The summed E-state index contributed by atoms with van der Waals surface area (Å²) < 4.78 is 1.41. The molecule has 2 heterocycles. The fourth-order valence-corrected chi connectivity index (χ4v) is 2.39. The summed E-state index contributed by atoms with van der Waals surface area (Å²) in [5, 5.41) is 19.6. The molecule has 1 aromatic heterocycles. The maximum Gasteiger partial charge on any atom is 0.381 e. The Morgan fingerprint density at radius 3 is 2.86 bits per heavy atom. The summed E-state index contributed by atoms with van der Waals surface area (Å²) >= 11 is 0. The zero-order chi connectivity index (χ0) is 15.6. The van der Waals surface area contributed by atoms with Crippen LogP contribution in [0, 0.1) is 23.0 Å². The van der Waals surface area contributed by atoms with Gasteiger partial charge in [-0.15, -0.1) is 0 Å². The number of nitro groups is 1. The second-order valence-electron chi connectivity index (χ2n) is 5.05. The molecule has 1 aliphatic heterocycles. The molecule has 9 nitrogen and oxygen atoms in total. The first kappa shape index (κ1) is 14.9. The van der Waals surface area contributed by atoms with Gasteiger partial charge in [0.05, 0.1) is 5.92 Å². The van der Waals surface area contributed by atoms with Gasteiger partial charge in [0.15, 0.2) is 0 Å². The normalized spacial score (nSPS) is 18.5. The number of carbonyl (C=O) groups excluding carboxylic acids is 1. The lowest BCUT2D eigenvalue weighted by atomic mass is 9.98. The van der Waals surface area contributed by atoms with Crippen LogP contribution in [0.3, 0.4) is 0 Å². The molecule has 0 bridgehead atoms. The monoisotopic (exact) mass is 296 g/mol. The van der Waals surface area contributed by atoms with Gasteiger partial charge in [-0.3, -0.25) is 14.2 Å². The Hall–Kier alpha value is -2.45. The number of likely N-dealkylation sites (tertiary alicyclic amines) is 1. The summed E-state index contributed by atoms with van der Waals surface area (Å²) in [6.07, 6.45) is 2.42. The van der Waals surface area contributed by atoms with Crippen molar-refractivity contribution < 1.29 is 19.6 Å². The van der Waals surface area contributed by atoms with Crippen molar-refractivity contribution >= 4 is 17.7 Å². The van der Waals surface area contributed by atoms with Gasteiger partial charge < -0.3 is 20.1 Å². The molecule has 1 saturated heterocycles. The van der Waals surface area contributed by atoms with E-state index in [0.717, 1.165) is 0 Å². The Morgan fingerprint density at radius 2 is 2.29 bits per heavy atom.